The van der Waals surface area contributed by atoms with Crippen LogP contribution in [-0.2, 0) is 14.3 Å². The summed E-state index contributed by atoms with van der Waals surface area (Å²) in [7, 11) is 0. The first kappa shape index (κ1) is 13.3. The number of hydrogen-bond acceptors (Lipinski definition) is 4. The van der Waals surface area contributed by atoms with Crippen molar-refractivity contribution in [2.75, 3.05) is 26.3 Å². The van der Waals surface area contributed by atoms with Crippen LogP contribution in [0.15, 0.2) is 0 Å². The molecule has 6 nitrogen and oxygen atoms in total. The zero-order chi connectivity index (χ0) is 13.2. The Morgan fingerprint density at radius 1 is 1.17 bits per heavy atom. The molecule has 0 aromatic carbocycles. The average Bonchev–Trinajstić information content (AvgIpc) is 3.18. The van der Waals surface area contributed by atoms with Gasteiger partial charge < -0.3 is 20.9 Å². The molecule has 1 saturated heterocycles. The van der Waals surface area contributed by atoms with E-state index in [-0.39, 0.29) is 12.5 Å². The van der Waals surface area contributed by atoms with Crippen molar-refractivity contribution in [2.45, 2.75) is 25.7 Å². The van der Waals surface area contributed by atoms with E-state index in [9.17, 15) is 14.7 Å². The van der Waals surface area contributed by atoms with Gasteiger partial charge in [-0.05, 0) is 25.7 Å². The van der Waals surface area contributed by atoms with Crippen LogP contribution in [0.25, 0.3) is 0 Å². The Balaban J connectivity index is 1.94. The fraction of sp³-hybridized carbons (Fsp3) is 0.833. The molecule has 0 aromatic heterocycles. The minimum Gasteiger partial charge on any atom is -0.481 e. The maximum absolute atomic E-state index is 12.0. The summed E-state index contributed by atoms with van der Waals surface area (Å²) in [5.74, 6) is -0.958. The van der Waals surface area contributed by atoms with Crippen LogP contribution >= 0.6 is 0 Å². The van der Waals surface area contributed by atoms with Crippen molar-refractivity contribution in [3.05, 3.63) is 0 Å². The first-order valence-corrected chi connectivity index (χ1v) is 6.34. The summed E-state index contributed by atoms with van der Waals surface area (Å²) in [6.45, 7) is 1.38. The van der Waals surface area contributed by atoms with E-state index in [0.29, 0.717) is 32.6 Å². The standard InChI is InChI=1S/C12H20N2O4/c13-7-11(1-2-11)9(15)14-8-12(10(16)17)3-5-18-6-4-12/h1-8,13H2,(H,14,15)(H,16,17). The number of carbonyl (C=O) groups excluding carboxylic acids is 1. The molecule has 0 aromatic rings. The van der Waals surface area contributed by atoms with Gasteiger partial charge in [0.2, 0.25) is 5.91 Å². The van der Waals surface area contributed by atoms with Crippen molar-refractivity contribution in [1.29, 1.82) is 0 Å². The molecule has 102 valence electrons. The second-order valence-electron chi connectivity index (χ2n) is 5.36. The summed E-state index contributed by atoms with van der Waals surface area (Å²) in [6.07, 6.45) is 2.49. The number of carboxylic acids is 1. The monoisotopic (exact) mass is 256 g/mol. The van der Waals surface area contributed by atoms with Crippen LogP contribution in [0, 0.1) is 10.8 Å². The van der Waals surface area contributed by atoms with Gasteiger partial charge in [-0.25, -0.2) is 0 Å². The molecule has 1 saturated carbocycles. The highest BCUT2D eigenvalue weighted by Gasteiger charge is 2.49. The quantitative estimate of drug-likeness (QED) is 0.628. The van der Waals surface area contributed by atoms with Gasteiger partial charge in [0.25, 0.3) is 0 Å². The van der Waals surface area contributed by atoms with Crippen molar-refractivity contribution in [1.82, 2.24) is 5.32 Å². The van der Waals surface area contributed by atoms with Crippen molar-refractivity contribution >= 4 is 11.9 Å². The first-order valence-electron chi connectivity index (χ1n) is 6.34. The molecule has 2 rings (SSSR count). The number of carbonyl (C=O) groups is 2. The van der Waals surface area contributed by atoms with E-state index in [1.165, 1.54) is 0 Å². The number of hydrogen-bond donors (Lipinski definition) is 3. The lowest BCUT2D eigenvalue weighted by molar-refractivity contribution is -0.154. The molecule has 1 aliphatic carbocycles. The Kier molecular flexibility index (Phi) is 3.59. The fourth-order valence-electron chi connectivity index (χ4n) is 2.34. The maximum atomic E-state index is 12.0. The van der Waals surface area contributed by atoms with Crippen LogP contribution in [0.1, 0.15) is 25.7 Å². The van der Waals surface area contributed by atoms with Crippen LogP contribution < -0.4 is 11.1 Å². The molecule has 2 aliphatic rings. The van der Waals surface area contributed by atoms with E-state index in [0.717, 1.165) is 12.8 Å². The molecular weight excluding hydrogens is 236 g/mol. The highest BCUT2D eigenvalue weighted by molar-refractivity contribution is 5.86. The smallest absolute Gasteiger partial charge is 0.311 e. The molecule has 4 N–H and O–H groups in total. The molecule has 1 aliphatic heterocycles. The Morgan fingerprint density at radius 2 is 1.78 bits per heavy atom. The number of amides is 1. The van der Waals surface area contributed by atoms with Gasteiger partial charge >= 0.3 is 5.97 Å². The fourth-order valence-corrected chi connectivity index (χ4v) is 2.34. The van der Waals surface area contributed by atoms with Crippen LogP contribution in [0.2, 0.25) is 0 Å². The molecule has 6 heteroatoms. The molecule has 0 bridgehead atoms. The maximum Gasteiger partial charge on any atom is 0.311 e. The van der Waals surface area contributed by atoms with Crippen LogP contribution in [0.5, 0.6) is 0 Å². The highest BCUT2D eigenvalue weighted by atomic mass is 16.5. The zero-order valence-electron chi connectivity index (χ0n) is 10.4. The van der Waals surface area contributed by atoms with Crippen molar-refractivity contribution < 1.29 is 19.4 Å². The number of ether oxygens (including phenoxy) is 1. The predicted octanol–water partition coefficient (Wildman–Crippen LogP) is -0.277. The van der Waals surface area contributed by atoms with E-state index in [2.05, 4.69) is 5.32 Å². The highest BCUT2D eigenvalue weighted by Crippen LogP contribution is 2.44. The van der Waals surface area contributed by atoms with Gasteiger partial charge in [0.1, 0.15) is 0 Å². The molecule has 0 spiro atoms. The van der Waals surface area contributed by atoms with Crippen LogP contribution in [0.3, 0.4) is 0 Å². The largest absolute Gasteiger partial charge is 0.481 e. The summed E-state index contributed by atoms with van der Waals surface area (Å²) in [5, 5.41) is 12.1. The molecule has 18 heavy (non-hydrogen) atoms. The lowest BCUT2D eigenvalue weighted by Gasteiger charge is -2.33. The van der Waals surface area contributed by atoms with Gasteiger partial charge in [-0.3, -0.25) is 9.59 Å². The molecule has 1 heterocycles. The Hall–Kier alpha value is -1.14. The van der Waals surface area contributed by atoms with Gasteiger partial charge in [-0.15, -0.1) is 0 Å². The number of nitrogens with two attached hydrogens (primary N) is 1. The lowest BCUT2D eigenvalue weighted by atomic mass is 9.80. The summed E-state index contributed by atoms with van der Waals surface area (Å²) >= 11 is 0. The molecule has 0 radical (unpaired) electrons. The third-order valence-electron chi connectivity index (χ3n) is 4.22. The van der Waals surface area contributed by atoms with E-state index in [1.807, 2.05) is 0 Å². The Labute approximate surface area is 106 Å². The van der Waals surface area contributed by atoms with Crippen molar-refractivity contribution in [3.8, 4) is 0 Å². The van der Waals surface area contributed by atoms with Gasteiger partial charge in [-0.2, -0.15) is 0 Å². The van der Waals surface area contributed by atoms with Gasteiger partial charge in [0.15, 0.2) is 0 Å². The average molecular weight is 256 g/mol. The summed E-state index contributed by atoms with van der Waals surface area (Å²) in [4.78, 5) is 23.3. The predicted molar refractivity (Wildman–Crippen MR) is 63.9 cm³/mol. The number of carboxylic acid groups (broad SMARTS) is 1. The third-order valence-corrected chi connectivity index (χ3v) is 4.22. The van der Waals surface area contributed by atoms with Crippen LogP contribution in [-0.4, -0.2) is 43.3 Å². The normalized spacial score (nSPS) is 24.3. The third kappa shape index (κ3) is 2.35. The second-order valence-corrected chi connectivity index (χ2v) is 5.36. The number of nitrogens with one attached hydrogen (secondary N) is 1. The van der Waals surface area contributed by atoms with E-state index >= 15 is 0 Å². The topological polar surface area (TPSA) is 102 Å². The summed E-state index contributed by atoms with van der Waals surface area (Å²) in [6, 6.07) is 0. The van der Waals surface area contributed by atoms with Gasteiger partial charge in [-0.1, -0.05) is 0 Å². The second kappa shape index (κ2) is 4.85. The molecule has 0 unspecified atom stereocenters. The minimum absolute atomic E-state index is 0.0999. The minimum atomic E-state index is -0.876. The van der Waals surface area contributed by atoms with Crippen molar-refractivity contribution in [3.63, 3.8) is 0 Å². The SMILES string of the molecule is NCC1(C(=O)NCC2(C(=O)O)CCOCC2)CC1. The van der Waals surface area contributed by atoms with Gasteiger partial charge in [0, 0.05) is 26.3 Å². The van der Waals surface area contributed by atoms with E-state index < -0.39 is 16.8 Å². The Morgan fingerprint density at radius 3 is 2.22 bits per heavy atom. The summed E-state index contributed by atoms with van der Waals surface area (Å²) < 4.78 is 5.19. The van der Waals surface area contributed by atoms with E-state index in [1.54, 1.807) is 0 Å². The summed E-state index contributed by atoms with van der Waals surface area (Å²) in [5.41, 5.74) is 4.27. The molecular formula is C12H20N2O4. The zero-order valence-corrected chi connectivity index (χ0v) is 10.4. The van der Waals surface area contributed by atoms with E-state index in [4.69, 9.17) is 10.5 Å². The number of aliphatic carboxylic acids is 1. The molecule has 2 fully saturated rings. The van der Waals surface area contributed by atoms with Crippen LogP contribution in [0.4, 0.5) is 0 Å². The number of rotatable bonds is 5. The molecule has 0 atom stereocenters. The lowest BCUT2D eigenvalue weighted by Crippen LogP contribution is -2.48. The van der Waals surface area contributed by atoms with Gasteiger partial charge in [0.05, 0.1) is 10.8 Å². The Bertz CT molecular complexity index is 346. The van der Waals surface area contributed by atoms with Crippen molar-refractivity contribution in [2.24, 2.45) is 16.6 Å². The first-order chi connectivity index (χ1) is 8.55. The molecule has 1 amide bonds.